The van der Waals surface area contributed by atoms with Crippen LogP contribution in [0.5, 0.6) is 0 Å². The Labute approximate surface area is 106 Å². The third-order valence-corrected chi connectivity index (χ3v) is 4.09. The molecule has 0 spiro atoms. The summed E-state index contributed by atoms with van der Waals surface area (Å²) in [5, 5.41) is 2.05. The monoisotopic (exact) mass is 253 g/mol. The van der Waals surface area contributed by atoms with Crippen molar-refractivity contribution >= 4 is 17.1 Å². The topological polar surface area (TPSA) is 29.5 Å². The van der Waals surface area contributed by atoms with Crippen LogP contribution in [-0.2, 0) is 16.0 Å². The summed E-state index contributed by atoms with van der Waals surface area (Å²) in [5.74, 6) is 0.247. The highest BCUT2D eigenvalue weighted by Gasteiger charge is 2.25. The van der Waals surface area contributed by atoms with Crippen LogP contribution in [0.25, 0.3) is 0 Å². The molecule has 0 aliphatic carbocycles. The molecule has 1 aromatic rings. The maximum atomic E-state index is 12.0. The first-order valence-electron chi connectivity index (χ1n) is 6.18. The molecule has 4 heteroatoms. The number of hydrogen-bond donors (Lipinski definition) is 0. The van der Waals surface area contributed by atoms with Crippen molar-refractivity contribution in [3.05, 3.63) is 22.4 Å². The highest BCUT2D eigenvalue weighted by atomic mass is 32.1. The fraction of sp³-hybridized carbons (Fsp3) is 0.615. The van der Waals surface area contributed by atoms with Gasteiger partial charge in [-0.15, -0.1) is 11.3 Å². The van der Waals surface area contributed by atoms with Crippen molar-refractivity contribution in [2.45, 2.75) is 25.9 Å². The fourth-order valence-electron chi connectivity index (χ4n) is 2.05. The van der Waals surface area contributed by atoms with Crippen molar-refractivity contribution in [1.82, 2.24) is 4.90 Å². The molecule has 1 fully saturated rings. The average Bonchev–Trinajstić information content (AvgIpc) is 2.89. The van der Waals surface area contributed by atoms with E-state index in [9.17, 15) is 4.79 Å². The van der Waals surface area contributed by atoms with Gasteiger partial charge in [-0.3, -0.25) is 9.69 Å². The minimum Gasteiger partial charge on any atom is -0.368 e. The summed E-state index contributed by atoms with van der Waals surface area (Å²) < 4.78 is 5.55. The van der Waals surface area contributed by atoms with Gasteiger partial charge in [-0.1, -0.05) is 13.0 Å². The minimum atomic E-state index is -0.205. The zero-order chi connectivity index (χ0) is 12.1. The van der Waals surface area contributed by atoms with Gasteiger partial charge in [0.25, 0.3) is 0 Å². The lowest BCUT2D eigenvalue weighted by Gasteiger charge is -2.31. The second kappa shape index (κ2) is 6.28. The molecule has 3 nitrogen and oxygen atoms in total. The maximum Gasteiger partial charge on any atom is 0.163 e. The summed E-state index contributed by atoms with van der Waals surface area (Å²) in [6.07, 6.45) is 1.24. The molecule has 0 amide bonds. The van der Waals surface area contributed by atoms with Crippen LogP contribution in [-0.4, -0.2) is 43.0 Å². The van der Waals surface area contributed by atoms with E-state index in [0.29, 0.717) is 13.0 Å². The predicted octanol–water partition coefficient (Wildman–Crippen LogP) is 1.97. The number of ketones is 1. The third-order valence-electron chi connectivity index (χ3n) is 3.15. The van der Waals surface area contributed by atoms with Gasteiger partial charge in [0.15, 0.2) is 5.78 Å². The first kappa shape index (κ1) is 12.7. The van der Waals surface area contributed by atoms with Gasteiger partial charge in [-0.05, 0) is 24.4 Å². The Bertz CT molecular complexity index is 350. The minimum absolute atomic E-state index is 0.205. The van der Waals surface area contributed by atoms with Crippen LogP contribution in [0.4, 0.5) is 0 Å². The molecule has 94 valence electrons. The van der Waals surface area contributed by atoms with Gasteiger partial charge in [-0.25, -0.2) is 0 Å². The summed E-state index contributed by atoms with van der Waals surface area (Å²) >= 11 is 1.71. The second-order valence-corrected chi connectivity index (χ2v) is 5.33. The number of morpholine rings is 1. The number of rotatable bonds is 5. The molecule has 1 aliphatic heterocycles. The SMILES string of the molecule is CCN1CCOC(C(=O)CCc2cccs2)C1. The second-order valence-electron chi connectivity index (χ2n) is 4.30. The Hall–Kier alpha value is -0.710. The molecule has 17 heavy (non-hydrogen) atoms. The van der Waals surface area contributed by atoms with Crippen LogP contribution in [0.15, 0.2) is 17.5 Å². The van der Waals surface area contributed by atoms with Crippen molar-refractivity contribution in [1.29, 1.82) is 0 Å². The molecular weight excluding hydrogens is 234 g/mol. The van der Waals surface area contributed by atoms with Crippen LogP contribution >= 0.6 is 11.3 Å². The summed E-state index contributed by atoms with van der Waals surface area (Å²) in [6.45, 7) is 5.52. The van der Waals surface area contributed by atoms with E-state index in [-0.39, 0.29) is 11.9 Å². The molecule has 1 saturated heterocycles. The van der Waals surface area contributed by atoms with Gasteiger partial charge < -0.3 is 4.74 Å². The van der Waals surface area contributed by atoms with Gasteiger partial charge in [0.2, 0.25) is 0 Å². The Morgan fingerprint density at radius 1 is 1.65 bits per heavy atom. The number of nitrogens with zero attached hydrogens (tertiary/aromatic N) is 1. The van der Waals surface area contributed by atoms with E-state index in [2.05, 4.69) is 23.3 Å². The maximum absolute atomic E-state index is 12.0. The number of carbonyl (C=O) groups is 1. The van der Waals surface area contributed by atoms with Crippen LogP contribution in [0.1, 0.15) is 18.2 Å². The average molecular weight is 253 g/mol. The predicted molar refractivity (Wildman–Crippen MR) is 69.5 cm³/mol. The number of likely N-dealkylation sites (N-methyl/N-ethyl adjacent to an activating group) is 1. The highest BCUT2D eigenvalue weighted by molar-refractivity contribution is 7.09. The molecule has 0 N–H and O–H groups in total. The van der Waals surface area contributed by atoms with Crippen molar-refractivity contribution in [3.63, 3.8) is 0 Å². The zero-order valence-electron chi connectivity index (χ0n) is 10.2. The Morgan fingerprint density at radius 2 is 2.53 bits per heavy atom. The zero-order valence-corrected chi connectivity index (χ0v) is 11.0. The van der Waals surface area contributed by atoms with Crippen LogP contribution in [0.2, 0.25) is 0 Å². The largest absolute Gasteiger partial charge is 0.368 e. The number of aryl methyl sites for hydroxylation is 1. The quantitative estimate of drug-likeness (QED) is 0.803. The number of carbonyl (C=O) groups excluding carboxylic acids is 1. The van der Waals surface area contributed by atoms with Crippen molar-refractivity contribution < 1.29 is 9.53 Å². The molecule has 0 aromatic carbocycles. The molecule has 1 atom stereocenters. The first-order valence-corrected chi connectivity index (χ1v) is 7.06. The Kier molecular flexibility index (Phi) is 4.71. The van der Waals surface area contributed by atoms with E-state index >= 15 is 0 Å². The lowest BCUT2D eigenvalue weighted by Crippen LogP contribution is -2.45. The van der Waals surface area contributed by atoms with Gasteiger partial charge in [0.05, 0.1) is 6.61 Å². The van der Waals surface area contributed by atoms with E-state index in [1.807, 2.05) is 6.07 Å². The molecule has 1 aromatic heterocycles. The molecule has 1 unspecified atom stereocenters. The number of thiophene rings is 1. The molecule has 2 heterocycles. The normalized spacial score (nSPS) is 21.6. The van der Waals surface area contributed by atoms with Crippen molar-refractivity contribution in [3.8, 4) is 0 Å². The van der Waals surface area contributed by atoms with E-state index in [4.69, 9.17) is 4.74 Å². The third kappa shape index (κ3) is 3.63. The molecule has 2 rings (SSSR count). The standard InChI is InChI=1S/C13H19NO2S/c1-2-14-7-8-16-13(10-14)12(15)6-5-11-4-3-9-17-11/h3-4,9,13H,2,5-8,10H2,1H3. The van der Waals surface area contributed by atoms with E-state index in [1.54, 1.807) is 11.3 Å². The van der Waals surface area contributed by atoms with Gasteiger partial charge in [0.1, 0.15) is 6.10 Å². The lowest BCUT2D eigenvalue weighted by atomic mass is 10.1. The summed E-state index contributed by atoms with van der Waals surface area (Å²) in [6, 6.07) is 4.11. The fourth-order valence-corrected chi connectivity index (χ4v) is 2.76. The molecule has 0 bridgehead atoms. The summed E-state index contributed by atoms with van der Waals surface area (Å²) in [4.78, 5) is 15.6. The highest BCUT2D eigenvalue weighted by Crippen LogP contribution is 2.14. The Balaban J connectivity index is 1.79. The van der Waals surface area contributed by atoms with Crippen molar-refractivity contribution in [2.75, 3.05) is 26.2 Å². The van der Waals surface area contributed by atoms with Gasteiger partial charge in [-0.2, -0.15) is 0 Å². The molecule has 1 aliphatic rings. The van der Waals surface area contributed by atoms with E-state index in [0.717, 1.165) is 26.1 Å². The Morgan fingerprint density at radius 3 is 3.24 bits per heavy atom. The molecule has 0 radical (unpaired) electrons. The summed E-state index contributed by atoms with van der Waals surface area (Å²) in [7, 11) is 0. The van der Waals surface area contributed by atoms with Crippen LogP contribution in [0.3, 0.4) is 0 Å². The van der Waals surface area contributed by atoms with Crippen molar-refractivity contribution in [2.24, 2.45) is 0 Å². The van der Waals surface area contributed by atoms with Gasteiger partial charge >= 0.3 is 0 Å². The van der Waals surface area contributed by atoms with E-state index < -0.39 is 0 Å². The first-order chi connectivity index (χ1) is 8.29. The number of Topliss-reactive ketones (excluding diaryl/α,β-unsaturated/α-hetero) is 1. The summed E-state index contributed by atoms with van der Waals surface area (Å²) in [5.41, 5.74) is 0. The van der Waals surface area contributed by atoms with Crippen LogP contribution < -0.4 is 0 Å². The number of ether oxygens (including phenoxy) is 1. The van der Waals surface area contributed by atoms with Crippen LogP contribution in [0, 0.1) is 0 Å². The lowest BCUT2D eigenvalue weighted by molar-refractivity contribution is -0.136. The molecular formula is C13H19NO2S. The van der Waals surface area contributed by atoms with E-state index in [1.165, 1.54) is 4.88 Å². The number of hydrogen-bond acceptors (Lipinski definition) is 4. The smallest absolute Gasteiger partial charge is 0.163 e. The molecule has 0 saturated carbocycles. The van der Waals surface area contributed by atoms with Gasteiger partial charge in [0, 0.05) is 24.4 Å².